The summed E-state index contributed by atoms with van der Waals surface area (Å²) in [5.41, 5.74) is 7.55. The van der Waals surface area contributed by atoms with Gasteiger partial charge in [0.2, 0.25) is 0 Å². The van der Waals surface area contributed by atoms with Gasteiger partial charge < -0.3 is 14.0 Å². The van der Waals surface area contributed by atoms with Crippen LogP contribution in [0.1, 0.15) is 22.5 Å². The van der Waals surface area contributed by atoms with Gasteiger partial charge in [-0.1, -0.05) is 51.8 Å². The third-order valence-electron chi connectivity index (χ3n) is 5.47. The summed E-state index contributed by atoms with van der Waals surface area (Å²) in [6.45, 7) is 4.35. The first-order valence-electron chi connectivity index (χ1n) is 11.3. The molecule has 1 amide bonds. The van der Waals surface area contributed by atoms with Crippen LogP contribution in [0.3, 0.4) is 0 Å². The van der Waals surface area contributed by atoms with Crippen molar-refractivity contribution >= 4 is 39.7 Å². The summed E-state index contributed by atoms with van der Waals surface area (Å²) in [5, 5.41) is 4.53. The Hall–Kier alpha value is -3.55. The predicted molar refractivity (Wildman–Crippen MR) is 146 cm³/mol. The number of aryl methyl sites for hydroxylation is 1. The fourth-order valence-corrected chi connectivity index (χ4v) is 4.12. The molecule has 0 unspecified atom stereocenters. The Kier molecular flexibility index (Phi) is 8.46. The number of halogens is 2. The number of benzene rings is 3. The number of carbonyl (C=O) groups is 1. The molecule has 1 heterocycles. The monoisotopic (exact) mass is 565 g/mol. The van der Waals surface area contributed by atoms with Gasteiger partial charge in [0.05, 0.1) is 11.2 Å². The van der Waals surface area contributed by atoms with Crippen LogP contribution in [0.4, 0.5) is 0 Å². The largest absolute Gasteiger partial charge is 0.489 e. The summed E-state index contributed by atoms with van der Waals surface area (Å²) in [4.78, 5) is 12.1. The lowest BCUT2D eigenvalue weighted by Crippen LogP contribution is -2.24. The van der Waals surface area contributed by atoms with Crippen LogP contribution in [-0.4, -0.2) is 23.3 Å². The molecule has 4 aromatic rings. The maximum atomic E-state index is 12.1. The molecule has 0 atom stereocenters. The minimum atomic E-state index is -0.376. The summed E-state index contributed by atoms with van der Waals surface area (Å²) in [5.74, 6) is 0.873. The van der Waals surface area contributed by atoms with Gasteiger partial charge in [-0.15, -0.1) is 0 Å². The van der Waals surface area contributed by atoms with Crippen LogP contribution >= 0.6 is 27.5 Å². The van der Waals surface area contributed by atoms with Crippen molar-refractivity contribution < 1.29 is 14.3 Å². The first kappa shape index (κ1) is 25.5. The Balaban J connectivity index is 1.35. The summed E-state index contributed by atoms with van der Waals surface area (Å²) < 4.78 is 14.5. The molecule has 0 saturated carbocycles. The van der Waals surface area contributed by atoms with E-state index >= 15 is 0 Å². The van der Waals surface area contributed by atoms with E-state index in [-0.39, 0.29) is 12.5 Å². The maximum Gasteiger partial charge on any atom is 0.277 e. The van der Waals surface area contributed by atoms with Gasteiger partial charge in [0.1, 0.15) is 18.1 Å². The molecule has 1 N–H and O–H groups in total. The lowest BCUT2D eigenvalue weighted by atomic mass is 10.2. The highest BCUT2D eigenvalue weighted by Crippen LogP contribution is 2.24. The van der Waals surface area contributed by atoms with Gasteiger partial charge >= 0.3 is 0 Å². The SMILES string of the molecule is Cc1cc(/C=N\NC(=O)COc2ccccc2Cl)c(C)n1-c1ccc(OCc2ccc(Br)cc2)cc1. The molecule has 0 spiro atoms. The molecule has 0 aliphatic heterocycles. The van der Waals surface area contributed by atoms with Gasteiger partial charge in [-0.2, -0.15) is 5.10 Å². The van der Waals surface area contributed by atoms with Crippen molar-refractivity contribution in [3.63, 3.8) is 0 Å². The number of nitrogens with zero attached hydrogens (tertiary/aromatic N) is 2. The van der Waals surface area contributed by atoms with E-state index in [1.807, 2.05) is 68.4 Å². The topological polar surface area (TPSA) is 64.8 Å². The maximum absolute atomic E-state index is 12.1. The van der Waals surface area contributed by atoms with Crippen molar-refractivity contribution in [3.8, 4) is 17.2 Å². The minimum absolute atomic E-state index is 0.184. The Morgan fingerprint density at radius 3 is 2.47 bits per heavy atom. The van der Waals surface area contributed by atoms with E-state index in [2.05, 4.69) is 31.0 Å². The first-order valence-corrected chi connectivity index (χ1v) is 12.4. The Morgan fingerprint density at radius 2 is 1.75 bits per heavy atom. The number of aromatic nitrogens is 1. The highest BCUT2D eigenvalue weighted by Gasteiger charge is 2.10. The molecule has 0 bridgehead atoms. The summed E-state index contributed by atoms with van der Waals surface area (Å²) in [6.07, 6.45) is 1.63. The molecule has 8 heteroatoms. The number of carbonyl (C=O) groups excluding carboxylic acids is 1. The molecule has 3 aromatic carbocycles. The van der Waals surface area contributed by atoms with E-state index in [0.717, 1.165) is 38.4 Å². The number of rotatable bonds is 9. The molecular weight excluding hydrogens is 542 g/mol. The standard InChI is InChI=1S/C28H25BrClN3O3/c1-19-15-22(16-31-32-28(34)18-36-27-6-4-3-5-26(27)30)20(2)33(19)24-11-13-25(14-12-24)35-17-21-7-9-23(29)10-8-21/h3-16H,17-18H2,1-2H3,(H,32,34)/b31-16-. The smallest absolute Gasteiger partial charge is 0.277 e. The number of ether oxygens (including phenoxy) is 2. The van der Waals surface area contributed by atoms with Crippen LogP contribution in [0, 0.1) is 13.8 Å². The predicted octanol–water partition coefficient (Wildman–Crippen LogP) is 6.62. The molecular formula is C28H25BrClN3O3. The van der Waals surface area contributed by atoms with Crippen LogP contribution in [0.5, 0.6) is 11.5 Å². The Labute approximate surface area is 223 Å². The molecule has 4 rings (SSSR count). The van der Waals surface area contributed by atoms with Crippen LogP contribution < -0.4 is 14.9 Å². The first-order chi connectivity index (χ1) is 17.4. The average Bonchev–Trinajstić information content (AvgIpc) is 3.16. The van der Waals surface area contributed by atoms with E-state index in [9.17, 15) is 4.79 Å². The Bertz CT molecular complexity index is 1370. The number of para-hydroxylation sites is 1. The molecule has 0 aliphatic rings. The zero-order valence-corrected chi connectivity index (χ0v) is 22.2. The van der Waals surface area contributed by atoms with Gasteiger partial charge in [0.25, 0.3) is 5.91 Å². The average molecular weight is 567 g/mol. The molecule has 1 aromatic heterocycles. The van der Waals surface area contributed by atoms with Crippen molar-refractivity contribution in [2.24, 2.45) is 5.10 Å². The fraction of sp³-hybridized carbons (Fsp3) is 0.143. The number of hydrogen-bond donors (Lipinski definition) is 1. The van der Waals surface area contributed by atoms with Gasteiger partial charge in [0.15, 0.2) is 6.61 Å². The quantitative estimate of drug-likeness (QED) is 0.183. The van der Waals surface area contributed by atoms with E-state index in [0.29, 0.717) is 17.4 Å². The van der Waals surface area contributed by atoms with Crippen molar-refractivity contribution in [1.29, 1.82) is 0 Å². The third-order valence-corrected chi connectivity index (χ3v) is 6.31. The molecule has 36 heavy (non-hydrogen) atoms. The fourth-order valence-electron chi connectivity index (χ4n) is 3.67. The van der Waals surface area contributed by atoms with Crippen molar-refractivity contribution in [1.82, 2.24) is 9.99 Å². The van der Waals surface area contributed by atoms with Gasteiger partial charge in [-0.25, -0.2) is 5.43 Å². The lowest BCUT2D eigenvalue weighted by Gasteiger charge is -2.11. The molecule has 184 valence electrons. The second-order valence-corrected chi connectivity index (χ2v) is 9.41. The number of nitrogens with one attached hydrogen (secondary N) is 1. The molecule has 0 fully saturated rings. The molecule has 0 saturated heterocycles. The van der Waals surface area contributed by atoms with Crippen molar-refractivity contribution in [3.05, 3.63) is 111 Å². The van der Waals surface area contributed by atoms with Crippen LogP contribution in [0.25, 0.3) is 5.69 Å². The zero-order valence-electron chi connectivity index (χ0n) is 19.9. The zero-order chi connectivity index (χ0) is 25.5. The molecule has 0 radical (unpaired) electrons. The summed E-state index contributed by atoms with van der Waals surface area (Å²) >= 11 is 9.48. The highest BCUT2D eigenvalue weighted by atomic mass is 79.9. The van der Waals surface area contributed by atoms with Crippen molar-refractivity contribution in [2.75, 3.05) is 6.61 Å². The Morgan fingerprint density at radius 1 is 1.03 bits per heavy atom. The van der Waals surface area contributed by atoms with E-state index < -0.39 is 0 Å². The lowest BCUT2D eigenvalue weighted by molar-refractivity contribution is -0.123. The van der Waals surface area contributed by atoms with Gasteiger partial charge in [-0.05, 0) is 74.0 Å². The second kappa shape index (κ2) is 11.9. The number of hydrazone groups is 1. The molecule has 6 nitrogen and oxygen atoms in total. The summed E-state index contributed by atoms with van der Waals surface area (Å²) in [6, 6.07) is 25.0. The van der Waals surface area contributed by atoms with E-state index in [1.165, 1.54) is 0 Å². The number of hydrogen-bond acceptors (Lipinski definition) is 4. The van der Waals surface area contributed by atoms with Crippen molar-refractivity contribution in [2.45, 2.75) is 20.5 Å². The minimum Gasteiger partial charge on any atom is -0.489 e. The molecule has 0 aliphatic carbocycles. The highest BCUT2D eigenvalue weighted by molar-refractivity contribution is 9.10. The van der Waals surface area contributed by atoms with Crippen LogP contribution in [-0.2, 0) is 11.4 Å². The van der Waals surface area contributed by atoms with Crippen LogP contribution in [0.2, 0.25) is 5.02 Å². The van der Waals surface area contributed by atoms with Gasteiger partial charge in [-0.3, -0.25) is 4.79 Å². The van der Waals surface area contributed by atoms with E-state index in [1.54, 1.807) is 30.5 Å². The second-order valence-electron chi connectivity index (χ2n) is 8.08. The van der Waals surface area contributed by atoms with Crippen LogP contribution in [0.15, 0.2) is 88.4 Å². The summed E-state index contributed by atoms with van der Waals surface area (Å²) in [7, 11) is 0. The normalized spacial score (nSPS) is 11.0. The number of amides is 1. The van der Waals surface area contributed by atoms with E-state index in [4.69, 9.17) is 21.1 Å². The van der Waals surface area contributed by atoms with Gasteiger partial charge in [0, 0.05) is 27.1 Å². The third kappa shape index (κ3) is 6.56.